The highest BCUT2D eigenvalue weighted by atomic mass is 35.5. The SMILES string of the molecule is Cc1c(CN(C)CP(=O)(O)c2ccccc2)sc2c(=O)c(C(=O)NCc3ccc(Cl)cc3)cn(C)c12. The van der Waals surface area contributed by atoms with Gasteiger partial charge in [-0.1, -0.05) is 41.9 Å². The van der Waals surface area contributed by atoms with E-state index in [2.05, 4.69) is 5.32 Å². The van der Waals surface area contributed by atoms with Crippen LogP contribution in [0.4, 0.5) is 0 Å². The van der Waals surface area contributed by atoms with Crippen LogP contribution in [0.25, 0.3) is 10.2 Å². The van der Waals surface area contributed by atoms with E-state index in [-0.39, 0.29) is 23.8 Å². The lowest BCUT2D eigenvalue weighted by Crippen LogP contribution is -2.29. The lowest BCUT2D eigenvalue weighted by Gasteiger charge is -2.20. The van der Waals surface area contributed by atoms with Crippen molar-refractivity contribution < 1.29 is 14.3 Å². The number of rotatable bonds is 8. The molecule has 0 fully saturated rings. The molecule has 0 aliphatic heterocycles. The molecule has 2 N–H and O–H groups in total. The summed E-state index contributed by atoms with van der Waals surface area (Å²) in [4.78, 5) is 39.4. The van der Waals surface area contributed by atoms with E-state index in [0.717, 1.165) is 21.5 Å². The van der Waals surface area contributed by atoms with Crippen molar-refractivity contribution in [3.05, 3.63) is 97.6 Å². The van der Waals surface area contributed by atoms with Gasteiger partial charge in [0.25, 0.3) is 5.91 Å². The molecule has 2 aromatic carbocycles. The molecule has 7 nitrogen and oxygen atoms in total. The number of nitrogens with zero attached hydrogens (tertiary/aromatic N) is 2. The van der Waals surface area contributed by atoms with Gasteiger partial charge in [-0.2, -0.15) is 0 Å². The molecule has 4 aromatic rings. The lowest BCUT2D eigenvalue weighted by molar-refractivity contribution is 0.0949. The number of fused-ring (bicyclic) bond motifs is 1. The van der Waals surface area contributed by atoms with Gasteiger partial charge in [0.05, 0.1) is 16.5 Å². The van der Waals surface area contributed by atoms with Crippen LogP contribution in [0.5, 0.6) is 0 Å². The summed E-state index contributed by atoms with van der Waals surface area (Å²) in [5, 5.41) is 3.83. The number of hydrogen-bond acceptors (Lipinski definition) is 5. The monoisotopic (exact) mass is 543 g/mol. The van der Waals surface area contributed by atoms with Gasteiger partial charge in [0.2, 0.25) is 12.8 Å². The molecule has 0 bridgehead atoms. The van der Waals surface area contributed by atoms with E-state index in [1.807, 2.05) is 26.1 Å². The Bertz CT molecular complexity index is 1520. The van der Waals surface area contributed by atoms with Gasteiger partial charge in [0, 0.05) is 41.5 Å². The van der Waals surface area contributed by atoms with Crippen LogP contribution in [0.15, 0.2) is 65.6 Å². The molecule has 36 heavy (non-hydrogen) atoms. The Hall–Kier alpha value is -2.74. The first-order valence-corrected chi connectivity index (χ1v) is 14.3. The zero-order valence-corrected chi connectivity index (χ0v) is 22.7. The summed E-state index contributed by atoms with van der Waals surface area (Å²) >= 11 is 7.23. The molecule has 1 amide bonds. The summed E-state index contributed by atoms with van der Waals surface area (Å²) in [5.41, 5.74) is 2.31. The number of hydrogen-bond donors (Lipinski definition) is 2. The minimum absolute atomic E-state index is 0.0145. The summed E-state index contributed by atoms with van der Waals surface area (Å²) in [6.07, 6.45) is 1.55. The summed E-state index contributed by atoms with van der Waals surface area (Å²) in [5.74, 6) is -0.443. The van der Waals surface area contributed by atoms with Crippen molar-refractivity contribution in [3.63, 3.8) is 0 Å². The van der Waals surface area contributed by atoms with Crippen molar-refractivity contribution in [3.8, 4) is 0 Å². The summed E-state index contributed by atoms with van der Waals surface area (Å²) in [7, 11) is 0.0286. The summed E-state index contributed by atoms with van der Waals surface area (Å²) in [6, 6.07) is 15.7. The van der Waals surface area contributed by atoms with Crippen LogP contribution in [-0.2, 0) is 24.7 Å². The van der Waals surface area contributed by atoms with E-state index in [0.29, 0.717) is 21.6 Å². The van der Waals surface area contributed by atoms with Gasteiger partial charge in [-0.25, -0.2) is 0 Å². The third-order valence-electron chi connectivity index (χ3n) is 5.96. The summed E-state index contributed by atoms with van der Waals surface area (Å²) in [6.45, 7) is 2.61. The Morgan fingerprint density at radius 2 is 1.83 bits per heavy atom. The van der Waals surface area contributed by atoms with Crippen LogP contribution in [0, 0.1) is 6.92 Å². The quantitative estimate of drug-likeness (QED) is 0.320. The second-order valence-corrected chi connectivity index (χ2v) is 12.6. The molecule has 1 atom stereocenters. The average Bonchev–Trinajstić information content (AvgIpc) is 3.17. The van der Waals surface area contributed by atoms with Crippen LogP contribution in [0.3, 0.4) is 0 Å². The van der Waals surface area contributed by atoms with Crippen LogP contribution >= 0.6 is 30.3 Å². The Morgan fingerprint density at radius 1 is 1.17 bits per heavy atom. The van der Waals surface area contributed by atoms with Crippen molar-refractivity contribution in [2.45, 2.75) is 20.0 Å². The topological polar surface area (TPSA) is 91.6 Å². The fraction of sp³-hybridized carbons (Fsp3) is 0.231. The fourth-order valence-corrected chi connectivity index (χ4v) is 7.18. The zero-order valence-electron chi connectivity index (χ0n) is 20.2. The molecule has 4 rings (SSSR count). The zero-order chi connectivity index (χ0) is 26.0. The second kappa shape index (κ2) is 10.7. The van der Waals surface area contributed by atoms with Crippen LogP contribution in [-0.4, -0.2) is 33.6 Å². The van der Waals surface area contributed by atoms with Crippen molar-refractivity contribution in [1.29, 1.82) is 0 Å². The Balaban J connectivity index is 1.55. The fourth-order valence-electron chi connectivity index (χ4n) is 4.13. The largest absolute Gasteiger partial charge is 0.349 e. The maximum absolute atomic E-state index is 13.3. The van der Waals surface area contributed by atoms with Crippen LogP contribution in [0.1, 0.15) is 26.4 Å². The number of carbonyl (C=O) groups excluding carboxylic acids is 1. The third kappa shape index (κ3) is 5.64. The molecule has 0 saturated heterocycles. The van der Waals surface area contributed by atoms with Gasteiger partial charge in [-0.05, 0) is 49.4 Å². The second-order valence-electron chi connectivity index (χ2n) is 8.81. The number of aromatic nitrogens is 1. The number of thiophene rings is 1. The maximum Gasteiger partial charge on any atom is 0.257 e. The van der Waals surface area contributed by atoms with E-state index in [9.17, 15) is 19.0 Å². The number of nitrogens with one attached hydrogen (secondary N) is 1. The number of aryl methyl sites for hydroxylation is 2. The number of carbonyl (C=O) groups is 1. The molecular formula is C26H27ClN3O4PS. The minimum Gasteiger partial charge on any atom is -0.349 e. The van der Waals surface area contributed by atoms with Crippen molar-refractivity contribution in [2.24, 2.45) is 7.05 Å². The van der Waals surface area contributed by atoms with Gasteiger partial charge < -0.3 is 14.8 Å². The van der Waals surface area contributed by atoms with E-state index >= 15 is 0 Å². The Morgan fingerprint density at radius 3 is 2.50 bits per heavy atom. The molecular weight excluding hydrogens is 517 g/mol. The number of halogens is 1. The van der Waals surface area contributed by atoms with Crippen molar-refractivity contribution >= 4 is 51.7 Å². The number of pyridine rings is 1. The minimum atomic E-state index is -3.56. The highest BCUT2D eigenvalue weighted by molar-refractivity contribution is 7.66. The van der Waals surface area contributed by atoms with Gasteiger partial charge in [-0.15, -0.1) is 11.3 Å². The molecule has 188 valence electrons. The van der Waals surface area contributed by atoms with E-state index in [4.69, 9.17) is 11.6 Å². The molecule has 0 radical (unpaired) electrons. The van der Waals surface area contributed by atoms with E-state index < -0.39 is 13.3 Å². The van der Waals surface area contributed by atoms with Gasteiger partial charge >= 0.3 is 0 Å². The standard InChI is InChI=1S/C26H27ClN3O4PS/c1-17-22(15-29(2)16-35(33,34)20-7-5-4-6-8-20)36-25-23(17)30(3)14-21(24(25)31)26(32)28-13-18-9-11-19(27)12-10-18/h4-12,14H,13,15-16H2,1-3H3,(H,28,32)(H,33,34). The molecule has 10 heteroatoms. The molecule has 2 aromatic heterocycles. The predicted molar refractivity (Wildman–Crippen MR) is 147 cm³/mol. The number of benzene rings is 2. The summed E-state index contributed by atoms with van der Waals surface area (Å²) < 4.78 is 15.2. The van der Waals surface area contributed by atoms with Crippen LogP contribution in [0.2, 0.25) is 5.02 Å². The molecule has 1 unspecified atom stereocenters. The first kappa shape index (κ1) is 26.3. The maximum atomic E-state index is 13.3. The molecule has 0 aliphatic carbocycles. The highest BCUT2D eigenvalue weighted by Crippen LogP contribution is 2.40. The van der Waals surface area contributed by atoms with E-state index in [1.165, 1.54) is 11.3 Å². The molecule has 0 spiro atoms. The third-order valence-corrected chi connectivity index (χ3v) is 9.45. The highest BCUT2D eigenvalue weighted by Gasteiger charge is 2.25. The molecule has 0 aliphatic rings. The average molecular weight is 544 g/mol. The Kier molecular flexibility index (Phi) is 7.83. The van der Waals surface area contributed by atoms with E-state index in [1.54, 1.807) is 65.2 Å². The van der Waals surface area contributed by atoms with Crippen molar-refractivity contribution in [2.75, 3.05) is 13.3 Å². The lowest BCUT2D eigenvalue weighted by atomic mass is 10.1. The Labute approximate surface area is 218 Å². The normalized spacial score (nSPS) is 13.2. The first-order chi connectivity index (χ1) is 17.1. The van der Waals surface area contributed by atoms with Gasteiger partial charge in [-0.3, -0.25) is 19.1 Å². The van der Waals surface area contributed by atoms with Crippen LogP contribution < -0.4 is 16.1 Å². The van der Waals surface area contributed by atoms with Gasteiger partial charge in [0.15, 0.2) is 0 Å². The molecule has 0 saturated carbocycles. The molecule has 2 heterocycles. The van der Waals surface area contributed by atoms with Crippen molar-refractivity contribution in [1.82, 2.24) is 14.8 Å². The first-order valence-electron chi connectivity index (χ1n) is 11.3. The predicted octanol–water partition coefficient (Wildman–Crippen LogP) is 4.48. The smallest absolute Gasteiger partial charge is 0.257 e. The number of amides is 1. The van der Waals surface area contributed by atoms with Gasteiger partial charge in [0.1, 0.15) is 5.56 Å².